The van der Waals surface area contributed by atoms with Crippen LogP contribution in [0.1, 0.15) is 6.42 Å². The van der Waals surface area contributed by atoms with E-state index in [4.69, 9.17) is 11.6 Å². The predicted molar refractivity (Wildman–Crippen MR) is 90.9 cm³/mol. The van der Waals surface area contributed by atoms with Crippen LogP contribution in [0.15, 0.2) is 27.5 Å². The molecule has 3 rings (SSSR count). The standard InChI is InChI=1S/C13H17ClN4O2S.ClH/c14-10-2-3-11-12(8-10)21(19,20)17-13(16-11)9-18-6-1-4-15-5-7-18;/h2-3,8,15H,1,4-7,9H2,(H,16,17);1H. The first-order chi connectivity index (χ1) is 10.0. The summed E-state index contributed by atoms with van der Waals surface area (Å²) in [5.74, 6) is 0.465. The lowest BCUT2D eigenvalue weighted by Gasteiger charge is -2.24. The van der Waals surface area contributed by atoms with E-state index in [-0.39, 0.29) is 17.3 Å². The molecule has 6 nitrogen and oxygen atoms in total. The largest absolute Gasteiger partial charge is 0.341 e. The predicted octanol–water partition coefficient (Wildman–Crippen LogP) is 1.57. The Hall–Kier alpha value is -0.860. The number of benzene rings is 1. The van der Waals surface area contributed by atoms with Crippen molar-refractivity contribution in [1.29, 1.82) is 0 Å². The third kappa shape index (κ3) is 3.91. The first-order valence-electron chi connectivity index (χ1n) is 6.88. The summed E-state index contributed by atoms with van der Waals surface area (Å²) in [5, 5.41) is 6.80. The third-order valence-corrected chi connectivity index (χ3v) is 5.13. The van der Waals surface area contributed by atoms with Crippen molar-refractivity contribution in [2.24, 2.45) is 4.40 Å². The van der Waals surface area contributed by atoms with Crippen molar-refractivity contribution in [3.63, 3.8) is 0 Å². The van der Waals surface area contributed by atoms with Gasteiger partial charge in [0, 0.05) is 18.1 Å². The second-order valence-electron chi connectivity index (χ2n) is 5.16. The lowest BCUT2D eigenvalue weighted by molar-refractivity contribution is 0.333. The van der Waals surface area contributed by atoms with Crippen LogP contribution in [-0.4, -0.2) is 51.9 Å². The highest BCUT2D eigenvalue weighted by molar-refractivity contribution is 7.90. The molecule has 0 unspecified atom stereocenters. The summed E-state index contributed by atoms with van der Waals surface area (Å²) in [7, 11) is -3.67. The maximum atomic E-state index is 12.2. The van der Waals surface area contributed by atoms with E-state index in [2.05, 4.69) is 19.9 Å². The van der Waals surface area contributed by atoms with E-state index in [9.17, 15) is 8.42 Å². The van der Waals surface area contributed by atoms with Gasteiger partial charge in [-0.05, 0) is 37.7 Å². The van der Waals surface area contributed by atoms with Gasteiger partial charge >= 0.3 is 0 Å². The molecule has 2 N–H and O–H groups in total. The molecule has 2 aliphatic rings. The van der Waals surface area contributed by atoms with Gasteiger partial charge in [0.15, 0.2) is 0 Å². The fourth-order valence-corrected chi connectivity index (χ4v) is 3.93. The van der Waals surface area contributed by atoms with Gasteiger partial charge in [0.25, 0.3) is 10.0 Å². The molecule has 0 amide bonds. The summed E-state index contributed by atoms with van der Waals surface area (Å²) in [5.41, 5.74) is 0.539. The van der Waals surface area contributed by atoms with Gasteiger partial charge in [-0.3, -0.25) is 4.90 Å². The Morgan fingerprint density at radius 1 is 1.27 bits per heavy atom. The molecule has 2 heterocycles. The van der Waals surface area contributed by atoms with Crippen LogP contribution >= 0.6 is 24.0 Å². The van der Waals surface area contributed by atoms with Gasteiger partial charge in [-0.1, -0.05) is 11.6 Å². The van der Waals surface area contributed by atoms with Crippen LogP contribution in [0, 0.1) is 0 Å². The van der Waals surface area contributed by atoms with Crippen LogP contribution in [0.25, 0.3) is 0 Å². The molecule has 22 heavy (non-hydrogen) atoms. The Bertz CT molecular complexity index is 671. The molecule has 1 aromatic carbocycles. The second kappa shape index (κ2) is 7.14. The Morgan fingerprint density at radius 2 is 2.09 bits per heavy atom. The number of amidine groups is 1. The minimum Gasteiger partial charge on any atom is -0.341 e. The zero-order valence-corrected chi connectivity index (χ0v) is 14.3. The van der Waals surface area contributed by atoms with Crippen molar-refractivity contribution in [3.8, 4) is 0 Å². The molecular weight excluding hydrogens is 347 g/mol. The van der Waals surface area contributed by atoms with Crippen molar-refractivity contribution < 1.29 is 8.42 Å². The summed E-state index contributed by atoms with van der Waals surface area (Å²) >= 11 is 5.86. The van der Waals surface area contributed by atoms with Gasteiger partial charge in [0.05, 0.1) is 12.2 Å². The normalized spacial score (nSPS) is 20.9. The molecule has 0 spiro atoms. The Balaban J connectivity index is 0.00000176. The van der Waals surface area contributed by atoms with E-state index in [1.807, 2.05) is 0 Å². The van der Waals surface area contributed by atoms with Gasteiger partial charge in [-0.2, -0.15) is 8.42 Å². The number of hydrogen-bond donors (Lipinski definition) is 2. The molecule has 1 aromatic rings. The van der Waals surface area contributed by atoms with Crippen molar-refractivity contribution in [1.82, 2.24) is 10.2 Å². The van der Waals surface area contributed by atoms with Crippen LogP contribution in [0.5, 0.6) is 0 Å². The molecule has 1 saturated heterocycles. The number of halogens is 2. The number of rotatable bonds is 2. The summed E-state index contributed by atoms with van der Waals surface area (Å²) in [6, 6.07) is 4.77. The smallest absolute Gasteiger partial charge is 0.286 e. The molecule has 2 aliphatic heterocycles. The second-order valence-corrected chi connectivity index (χ2v) is 7.17. The quantitative estimate of drug-likeness (QED) is 0.832. The number of nitrogens with zero attached hydrogens (tertiary/aromatic N) is 2. The van der Waals surface area contributed by atoms with E-state index >= 15 is 0 Å². The number of nitrogens with one attached hydrogen (secondary N) is 2. The lowest BCUT2D eigenvalue weighted by Crippen LogP contribution is -2.37. The molecular formula is C13H18Cl2N4O2S. The lowest BCUT2D eigenvalue weighted by atomic mass is 10.3. The minimum absolute atomic E-state index is 0. The number of anilines is 1. The Kier molecular flexibility index (Phi) is 5.68. The first-order valence-corrected chi connectivity index (χ1v) is 8.70. The van der Waals surface area contributed by atoms with Gasteiger partial charge in [0.1, 0.15) is 10.7 Å². The third-order valence-electron chi connectivity index (χ3n) is 3.54. The minimum atomic E-state index is -3.67. The highest BCUT2D eigenvalue weighted by Crippen LogP contribution is 2.29. The molecule has 122 valence electrons. The molecule has 0 radical (unpaired) electrons. The SMILES string of the molecule is Cl.O=S1(=O)N=C(CN2CCCNCC2)Nc2ccc(Cl)cc21. The zero-order valence-electron chi connectivity index (χ0n) is 11.9. The number of sulfonamides is 1. The average Bonchev–Trinajstić information content (AvgIpc) is 2.68. The van der Waals surface area contributed by atoms with Gasteiger partial charge in [-0.25, -0.2) is 0 Å². The van der Waals surface area contributed by atoms with Gasteiger partial charge in [-0.15, -0.1) is 16.8 Å². The van der Waals surface area contributed by atoms with Gasteiger partial charge < -0.3 is 10.6 Å². The number of fused-ring (bicyclic) bond motifs is 1. The maximum Gasteiger partial charge on any atom is 0.286 e. The van der Waals surface area contributed by atoms with Crippen LogP contribution < -0.4 is 10.6 Å². The zero-order chi connectivity index (χ0) is 14.9. The van der Waals surface area contributed by atoms with E-state index in [0.29, 0.717) is 23.1 Å². The van der Waals surface area contributed by atoms with E-state index < -0.39 is 10.0 Å². The number of hydrogen-bond acceptors (Lipinski definition) is 5. The molecule has 9 heteroatoms. The van der Waals surface area contributed by atoms with E-state index in [0.717, 1.165) is 32.6 Å². The highest BCUT2D eigenvalue weighted by Gasteiger charge is 2.26. The molecule has 0 bridgehead atoms. The molecule has 0 aliphatic carbocycles. The summed E-state index contributed by atoms with van der Waals surface area (Å²) in [6.07, 6.45) is 1.05. The molecule has 0 saturated carbocycles. The monoisotopic (exact) mass is 364 g/mol. The summed E-state index contributed by atoms with van der Waals surface area (Å²) < 4.78 is 28.3. The van der Waals surface area contributed by atoms with Crippen LogP contribution in [-0.2, 0) is 10.0 Å². The van der Waals surface area contributed by atoms with E-state index in [1.54, 1.807) is 12.1 Å². The summed E-state index contributed by atoms with van der Waals surface area (Å²) in [4.78, 5) is 2.33. The van der Waals surface area contributed by atoms with Crippen molar-refractivity contribution >= 4 is 45.6 Å². The molecule has 0 atom stereocenters. The van der Waals surface area contributed by atoms with Crippen LogP contribution in [0.3, 0.4) is 0 Å². The van der Waals surface area contributed by atoms with Crippen LogP contribution in [0.4, 0.5) is 5.69 Å². The molecule has 1 fully saturated rings. The fraction of sp³-hybridized carbons (Fsp3) is 0.462. The first kappa shape index (κ1) is 17.5. The topological polar surface area (TPSA) is 73.8 Å². The van der Waals surface area contributed by atoms with Gasteiger partial charge in [0.2, 0.25) is 0 Å². The Labute approximate surface area is 141 Å². The summed E-state index contributed by atoms with van der Waals surface area (Å²) in [6.45, 7) is 4.22. The maximum absolute atomic E-state index is 12.2. The average molecular weight is 365 g/mol. The fourth-order valence-electron chi connectivity index (χ4n) is 2.53. The Morgan fingerprint density at radius 3 is 2.91 bits per heavy atom. The van der Waals surface area contributed by atoms with Crippen molar-refractivity contribution in [2.75, 3.05) is 38.0 Å². The van der Waals surface area contributed by atoms with Crippen molar-refractivity contribution in [3.05, 3.63) is 23.2 Å². The molecule has 0 aromatic heterocycles. The van der Waals surface area contributed by atoms with E-state index in [1.165, 1.54) is 6.07 Å². The van der Waals surface area contributed by atoms with Crippen molar-refractivity contribution in [2.45, 2.75) is 11.3 Å². The van der Waals surface area contributed by atoms with Crippen LogP contribution in [0.2, 0.25) is 5.02 Å². The highest BCUT2D eigenvalue weighted by atomic mass is 35.5.